The van der Waals surface area contributed by atoms with Crippen LogP contribution in [0.15, 0.2) is 0 Å². The van der Waals surface area contributed by atoms with Crippen LogP contribution in [-0.4, -0.2) is 60.6 Å². The van der Waals surface area contributed by atoms with Gasteiger partial charge in [-0.15, -0.1) is 0 Å². The lowest BCUT2D eigenvalue weighted by Gasteiger charge is -2.36. The molecule has 3 heteroatoms. The van der Waals surface area contributed by atoms with Gasteiger partial charge in [0.05, 0.1) is 0 Å². The molecule has 0 radical (unpaired) electrons. The van der Waals surface area contributed by atoms with Crippen molar-refractivity contribution >= 4 is 0 Å². The third-order valence-electron chi connectivity index (χ3n) is 5.52. The molecule has 1 N–H and O–H groups in total. The fourth-order valence-corrected chi connectivity index (χ4v) is 4.45. The third-order valence-corrected chi connectivity index (χ3v) is 5.52. The van der Waals surface area contributed by atoms with Crippen LogP contribution >= 0.6 is 0 Å². The number of hydrogen-bond acceptors (Lipinski definition) is 3. The molecule has 0 amide bonds. The highest BCUT2D eigenvalue weighted by Gasteiger charge is 2.34. The molecule has 0 aliphatic carbocycles. The predicted octanol–water partition coefficient (Wildman–Crippen LogP) is 3.10. The van der Waals surface area contributed by atoms with E-state index in [0.717, 1.165) is 18.6 Å². The normalized spacial score (nSPS) is 27.9. The van der Waals surface area contributed by atoms with Crippen LogP contribution in [0.1, 0.15) is 65.7 Å². The first-order valence-corrected chi connectivity index (χ1v) is 9.51. The summed E-state index contributed by atoms with van der Waals surface area (Å²) >= 11 is 0. The first kappa shape index (κ1) is 17.2. The maximum absolute atomic E-state index is 3.75. The molecule has 0 aromatic heterocycles. The Morgan fingerprint density at radius 3 is 2.43 bits per heavy atom. The molecule has 3 atom stereocenters. The van der Waals surface area contributed by atoms with Gasteiger partial charge in [-0.05, 0) is 51.7 Å². The average Bonchev–Trinajstić information content (AvgIpc) is 2.99. The van der Waals surface area contributed by atoms with Crippen molar-refractivity contribution in [2.75, 3.05) is 32.7 Å². The number of piperidine rings is 1. The second kappa shape index (κ2) is 9.12. The second-order valence-electron chi connectivity index (χ2n) is 6.96. The zero-order valence-electron chi connectivity index (χ0n) is 14.6. The number of rotatable bonds is 8. The van der Waals surface area contributed by atoms with Gasteiger partial charge in [0.1, 0.15) is 0 Å². The summed E-state index contributed by atoms with van der Waals surface area (Å²) in [6.45, 7) is 13.4. The van der Waals surface area contributed by atoms with Crippen molar-refractivity contribution in [1.29, 1.82) is 0 Å². The molecule has 0 aromatic rings. The maximum Gasteiger partial charge on any atom is 0.0247 e. The molecule has 2 aliphatic heterocycles. The molecule has 0 bridgehead atoms. The molecule has 3 nitrogen and oxygen atoms in total. The highest BCUT2D eigenvalue weighted by molar-refractivity contribution is 4.92. The van der Waals surface area contributed by atoms with E-state index in [4.69, 9.17) is 0 Å². The van der Waals surface area contributed by atoms with E-state index in [2.05, 4.69) is 35.9 Å². The van der Waals surface area contributed by atoms with Gasteiger partial charge in [-0.25, -0.2) is 0 Å². The summed E-state index contributed by atoms with van der Waals surface area (Å²) in [6, 6.07) is 2.26. The Balaban J connectivity index is 1.89. The second-order valence-corrected chi connectivity index (χ2v) is 6.96. The van der Waals surface area contributed by atoms with Crippen molar-refractivity contribution in [1.82, 2.24) is 15.1 Å². The third kappa shape index (κ3) is 4.67. The van der Waals surface area contributed by atoms with Crippen LogP contribution in [-0.2, 0) is 0 Å². The summed E-state index contributed by atoms with van der Waals surface area (Å²) in [7, 11) is 0. The Bertz CT molecular complexity index is 270. The van der Waals surface area contributed by atoms with Crippen molar-refractivity contribution in [2.45, 2.75) is 83.8 Å². The van der Waals surface area contributed by atoms with Gasteiger partial charge in [0.2, 0.25) is 0 Å². The molecule has 2 aliphatic rings. The van der Waals surface area contributed by atoms with Crippen molar-refractivity contribution in [3.63, 3.8) is 0 Å². The first-order valence-electron chi connectivity index (χ1n) is 9.51. The molecule has 2 fully saturated rings. The molecule has 3 unspecified atom stereocenters. The molecule has 2 saturated heterocycles. The minimum Gasteiger partial charge on any atom is -0.313 e. The maximum atomic E-state index is 3.75. The molecule has 124 valence electrons. The average molecular weight is 296 g/mol. The molecule has 21 heavy (non-hydrogen) atoms. The zero-order valence-corrected chi connectivity index (χ0v) is 14.6. The summed E-state index contributed by atoms with van der Waals surface area (Å²) in [4.78, 5) is 5.57. The lowest BCUT2D eigenvalue weighted by atomic mass is 9.99. The Hall–Kier alpha value is -0.120. The standard InChI is InChI=1S/C18H37N3/c1-4-10-17(19-6-3)18(5-2)21-14-11-16(15-21)20-12-8-7-9-13-20/h16-19H,4-15H2,1-3H3. The van der Waals surface area contributed by atoms with E-state index in [9.17, 15) is 0 Å². The predicted molar refractivity (Wildman–Crippen MR) is 91.9 cm³/mol. The fourth-order valence-electron chi connectivity index (χ4n) is 4.45. The van der Waals surface area contributed by atoms with E-state index >= 15 is 0 Å². The van der Waals surface area contributed by atoms with Gasteiger partial charge in [0.15, 0.2) is 0 Å². The van der Waals surface area contributed by atoms with Crippen LogP contribution in [0.3, 0.4) is 0 Å². The van der Waals surface area contributed by atoms with Crippen molar-refractivity contribution in [3.8, 4) is 0 Å². The van der Waals surface area contributed by atoms with Crippen molar-refractivity contribution in [2.24, 2.45) is 0 Å². The molecule has 2 heterocycles. The lowest BCUT2D eigenvalue weighted by molar-refractivity contribution is 0.136. The van der Waals surface area contributed by atoms with Crippen molar-refractivity contribution in [3.05, 3.63) is 0 Å². The zero-order chi connectivity index (χ0) is 15.1. The van der Waals surface area contributed by atoms with Crippen LogP contribution in [0, 0.1) is 0 Å². The van der Waals surface area contributed by atoms with Gasteiger partial charge in [-0.3, -0.25) is 9.80 Å². The minimum atomic E-state index is 0.685. The van der Waals surface area contributed by atoms with Crippen LogP contribution in [0.25, 0.3) is 0 Å². The number of nitrogens with one attached hydrogen (secondary N) is 1. The molecule has 0 spiro atoms. The Labute approximate surface area is 132 Å². The van der Waals surface area contributed by atoms with E-state index in [1.165, 1.54) is 71.1 Å². The summed E-state index contributed by atoms with van der Waals surface area (Å²) in [5, 5.41) is 3.75. The molecular formula is C18H37N3. The summed E-state index contributed by atoms with van der Waals surface area (Å²) in [5.41, 5.74) is 0. The topological polar surface area (TPSA) is 18.5 Å². The molecule has 0 saturated carbocycles. The van der Waals surface area contributed by atoms with E-state index in [1.807, 2.05) is 0 Å². The van der Waals surface area contributed by atoms with Crippen molar-refractivity contribution < 1.29 is 0 Å². The monoisotopic (exact) mass is 295 g/mol. The van der Waals surface area contributed by atoms with E-state index in [1.54, 1.807) is 0 Å². The fraction of sp³-hybridized carbons (Fsp3) is 1.00. The Kier molecular flexibility index (Phi) is 7.48. The minimum absolute atomic E-state index is 0.685. The van der Waals surface area contributed by atoms with Gasteiger partial charge >= 0.3 is 0 Å². The van der Waals surface area contributed by atoms with E-state index < -0.39 is 0 Å². The number of nitrogens with zero attached hydrogens (tertiary/aromatic N) is 2. The van der Waals surface area contributed by atoms with Gasteiger partial charge in [-0.1, -0.05) is 33.6 Å². The largest absolute Gasteiger partial charge is 0.313 e. The van der Waals surface area contributed by atoms with Gasteiger partial charge in [0, 0.05) is 31.2 Å². The highest BCUT2D eigenvalue weighted by Crippen LogP contribution is 2.24. The van der Waals surface area contributed by atoms with Gasteiger partial charge in [0.25, 0.3) is 0 Å². The van der Waals surface area contributed by atoms with Crippen LogP contribution < -0.4 is 5.32 Å². The Morgan fingerprint density at radius 1 is 1.05 bits per heavy atom. The highest BCUT2D eigenvalue weighted by atomic mass is 15.3. The van der Waals surface area contributed by atoms with E-state index in [0.29, 0.717) is 6.04 Å². The smallest absolute Gasteiger partial charge is 0.0247 e. The van der Waals surface area contributed by atoms with Gasteiger partial charge < -0.3 is 5.32 Å². The summed E-state index contributed by atoms with van der Waals surface area (Å²) in [5.74, 6) is 0. The van der Waals surface area contributed by atoms with Crippen LogP contribution in [0.5, 0.6) is 0 Å². The molecule has 0 aromatic carbocycles. The van der Waals surface area contributed by atoms with E-state index in [-0.39, 0.29) is 0 Å². The lowest BCUT2D eigenvalue weighted by Crippen LogP contribution is -2.50. The van der Waals surface area contributed by atoms with Crippen LogP contribution in [0.2, 0.25) is 0 Å². The SMILES string of the molecule is CCCC(NCC)C(CC)N1CCC(N2CCCCC2)C1. The molecular weight excluding hydrogens is 258 g/mol. The summed E-state index contributed by atoms with van der Waals surface area (Å²) in [6.07, 6.45) is 9.57. The number of hydrogen-bond donors (Lipinski definition) is 1. The molecule has 2 rings (SSSR count). The quantitative estimate of drug-likeness (QED) is 0.742. The Morgan fingerprint density at radius 2 is 1.81 bits per heavy atom. The van der Waals surface area contributed by atoms with Crippen LogP contribution in [0.4, 0.5) is 0 Å². The first-order chi connectivity index (χ1) is 10.3. The van der Waals surface area contributed by atoms with Gasteiger partial charge in [-0.2, -0.15) is 0 Å². The summed E-state index contributed by atoms with van der Waals surface area (Å²) < 4.78 is 0. The number of likely N-dealkylation sites (N-methyl/N-ethyl adjacent to an activating group) is 1. The number of likely N-dealkylation sites (tertiary alicyclic amines) is 2.